The zero-order chi connectivity index (χ0) is 21.3. The summed E-state index contributed by atoms with van der Waals surface area (Å²) in [6, 6.07) is 19.5. The average molecular weight is 394 g/mol. The Bertz CT molecular complexity index is 874. The van der Waals surface area contributed by atoms with E-state index in [0.717, 1.165) is 11.1 Å². The molecule has 1 amide bonds. The molecule has 0 fully saturated rings. The number of nitrogens with zero attached hydrogens (tertiary/aromatic N) is 1. The molecule has 0 aliphatic carbocycles. The van der Waals surface area contributed by atoms with Crippen molar-refractivity contribution in [2.45, 2.75) is 32.7 Å². The summed E-state index contributed by atoms with van der Waals surface area (Å²) in [6.45, 7) is 4.52. The highest BCUT2D eigenvalue weighted by molar-refractivity contribution is 5.81. The van der Waals surface area contributed by atoms with Crippen molar-refractivity contribution in [3.8, 4) is 11.8 Å². The molecule has 0 aliphatic rings. The number of ether oxygens (including phenoxy) is 2. The molecule has 29 heavy (non-hydrogen) atoms. The van der Waals surface area contributed by atoms with E-state index in [1.54, 1.807) is 13.0 Å². The van der Waals surface area contributed by atoms with Crippen molar-refractivity contribution < 1.29 is 19.1 Å². The van der Waals surface area contributed by atoms with Gasteiger partial charge in [-0.3, -0.25) is 4.79 Å². The van der Waals surface area contributed by atoms with E-state index in [-0.39, 0.29) is 12.5 Å². The summed E-state index contributed by atoms with van der Waals surface area (Å²) < 4.78 is 10.6. The van der Waals surface area contributed by atoms with Crippen LogP contribution in [0.15, 0.2) is 54.6 Å². The third-order valence-corrected chi connectivity index (χ3v) is 4.71. The van der Waals surface area contributed by atoms with Crippen molar-refractivity contribution in [3.63, 3.8) is 0 Å². The standard InChI is InChI=1S/C23H26N2O4/c1-17(2)23(3,16-24)25-21(26)14-29-22(27)15-28-20-12-8-7-11-19(20)13-18-9-5-4-6-10-18/h4-12,17H,13-15H2,1-3H3,(H,25,26)/t23-/m1/s1. The molecule has 152 valence electrons. The molecular weight excluding hydrogens is 368 g/mol. The molecule has 1 atom stereocenters. The number of para-hydroxylation sites is 1. The van der Waals surface area contributed by atoms with E-state index in [1.807, 2.05) is 62.4 Å². The van der Waals surface area contributed by atoms with Gasteiger partial charge in [-0.2, -0.15) is 5.26 Å². The molecule has 0 unspecified atom stereocenters. The van der Waals surface area contributed by atoms with Crippen LogP contribution in [0.2, 0.25) is 0 Å². The lowest BCUT2D eigenvalue weighted by Crippen LogP contribution is -2.50. The number of amides is 1. The van der Waals surface area contributed by atoms with Crippen LogP contribution in [0.1, 0.15) is 31.9 Å². The van der Waals surface area contributed by atoms with Gasteiger partial charge in [0.05, 0.1) is 6.07 Å². The van der Waals surface area contributed by atoms with Gasteiger partial charge in [0, 0.05) is 6.42 Å². The molecule has 0 aromatic heterocycles. The molecule has 0 saturated carbocycles. The summed E-state index contributed by atoms with van der Waals surface area (Å²) in [7, 11) is 0. The smallest absolute Gasteiger partial charge is 0.344 e. The summed E-state index contributed by atoms with van der Waals surface area (Å²) in [5.74, 6) is -0.676. The van der Waals surface area contributed by atoms with E-state index < -0.39 is 24.0 Å². The number of carbonyl (C=O) groups excluding carboxylic acids is 2. The van der Waals surface area contributed by atoms with Crippen molar-refractivity contribution in [1.82, 2.24) is 5.32 Å². The number of benzene rings is 2. The normalized spacial score (nSPS) is 12.5. The van der Waals surface area contributed by atoms with Crippen molar-refractivity contribution >= 4 is 11.9 Å². The molecule has 2 aromatic rings. The molecule has 0 aliphatic heterocycles. The zero-order valence-electron chi connectivity index (χ0n) is 17.0. The van der Waals surface area contributed by atoms with Crippen LogP contribution in [0, 0.1) is 17.2 Å². The third-order valence-electron chi connectivity index (χ3n) is 4.71. The number of hydrogen-bond acceptors (Lipinski definition) is 5. The van der Waals surface area contributed by atoms with Gasteiger partial charge in [-0.15, -0.1) is 0 Å². The van der Waals surface area contributed by atoms with Gasteiger partial charge in [0.2, 0.25) is 0 Å². The van der Waals surface area contributed by atoms with Crippen LogP contribution < -0.4 is 10.1 Å². The van der Waals surface area contributed by atoms with Gasteiger partial charge in [-0.25, -0.2) is 4.79 Å². The number of nitrogens with one attached hydrogen (secondary N) is 1. The minimum atomic E-state index is -1.02. The molecule has 6 heteroatoms. The van der Waals surface area contributed by atoms with Crippen molar-refractivity contribution in [2.24, 2.45) is 5.92 Å². The van der Waals surface area contributed by atoms with Crippen molar-refractivity contribution in [3.05, 3.63) is 65.7 Å². The fraction of sp³-hybridized carbons (Fsp3) is 0.348. The average Bonchev–Trinajstić information content (AvgIpc) is 2.72. The summed E-state index contributed by atoms with van der Waals surface area (Å²) in [6.07, 6.45) is 0.677. The highest BCUT2D eigenvalue weighted by Crippen LogP contribution is 2.21. The van der Waals surface area contributed by atoms with E-state index in [4.69, 9.17) is 9.47 Å². The summed E-state index contributed by atoms with van der Waals surface area (Å²) in [5, 5.41) is 11.8. The van der Waals surface area contributed by atoms with Gasteiger partial charge in [0.1, 0.15) is 11.3 Å². The Morgan fingerprint density at radius 3 is 2.38 bits per heavy atom. The molecule has 6 nitrogen and oxygen atoms in total. The second-order valence-electron chi connectivity index (χ2n) is 7.24. The highest BCUT2D eigenvalue weighted by Gasteiger charge is 2.30. The summed E-state index contributed by atoms with van der Waals surface area (Å²) in [4.78, 5) is 23.9. The highest BCUT2D eigenvalue weighted by atomic mass is 16.6. The lowest BCUT2D eigenvalue weighted by Gasteiger charge is -2.27. The van der Waals surface area contributed by atoms with Crippen LogP contribution in [-0.2, 0) is 20.7 Å². The Kier molecular flexibility index (Phi) is 7.79. The van der Waals surface area contributed by atoms with Gasteiger partial charge in [-0.1, -0.05) is 62.4 Å². The maximum absolute atomic E-state index is 12.0. The van der Waals surface area contributed by atoms with Crippen LogP contribution in [0.25, 0.3) is 0 Å². The van der Waals surface area contributed by atoms with Crippen LogP contribution in [0.5, 0.6) is 5.75 Å². The Morgan fingerprint density at radius 2 is 1.72 bits per heavy atom. The van der Waals surface area contributed by atoms with Crippen LogP contribution in [-0.4, -0.2) is 30.6 Å². The number of rotatable bonds is 9. The topological polar surface area (TPSA) is 88.4 Å². The van der Waals surface area contributed by atoms with E-state index >= 15 is 0 Å². The van der Waals surface area contributed by atoms with Gasteiger partial charge >= 0.3 is 5.97 Å². The number of esters is 1. The fourth-order valence-electron chi connectivity index (χ4n) is 2.56. The minimum Gasteiger partial charge on any atom is -0.482 e. The molecule has 0 heterocycles. The number of hydrogen-bond donors (Lipinski definition) is 1. The third kappa shape index (κ3) is 6.65. The molecule has 0 bridgehead atoms. The van der Waals surface area contributed by atoms with Crippen LogP contribution in [0.3, 0.4) is 0 Å². The SMILES string of the molecule is CC(C)[C@@](C)(C#N)NC(=O)COC(=O)COc1ccccc1Cc1ccccc1. The van der Waals surface area contributed by atoms with Crippen LogP contribution >= 0.6 is 0 Å². The first kappa shape index (κ1) is 22.0. The Labute approximate surface area is 171 Å². The lowest BCUT2D eigenvalue weighted by molar-refractivity contribution is -0.150. The monoisotopic (exact) mass is 394 g/mol. The zero-order valence-corrected chi connectivity index (χ0v) is 17.0. The van der Waals surface area contributed by atoms with Gasteiger partial charge in [0.25, 0.3) is 5.91 Å². The first-order valence-corrected chi connectivity index (χ1v) is 9.46. The number of carbonyl (C=O) groups is 2. The quantitative estimate of drug-likeness (QED) is 0.660. The van der Waals surface area contributed by atoms with E-state index in [9.17, 15) is 14.9 Å². The number of nitriles is 1. The molecular formula is C23H26N2O4. The Hall–Kier alpha value is -3.33. The predicted molar refractivity (Wildman–Crippen MR) is 109 cm³/mol. The molecule has 2 rings (SSSR count). The molecule has 0 saturated heterocycles. The predicted octanol–water partition coefficient (Wildman–Crippen LogP) is 3.25. The lowest BCUT2D eigenvalue weighted by atomic mass is 9.90. The summed E-state index contributed by atoms with van der Waals surface area (Å²) in [5.41, 5.74) is 1.07. The Balaban J connectivity index is 1.85. The first-order valence-electron chi connectivity index (χ1n) is 9.46. The Morgan fingerprint density at radius 1 is 1.07 bits per heavy atom. The fourth-order valence-corrected chi connectivity index (χ4v) is 2.56. The maximum atomic E-state index is 12.0. The van der Waals surface area contributed by atoms with Crippen molar-refractivity contribution in [1.29, 1.82) is 5.26 Å². The maximum Gasteiger partial charge on any atom is 0.344 e. The second kappa shape index (κ2) is 10.3. The van der Waals surface area contributed by atoms with Gasteiger partial charge < -0.3 is 14.8 Å². The van der Waals surface area contributed by atoms with E-state index in [1.165, 1.54) is 0 Å². The summed E-state index contributed by atoms with van der Waals surface area (Å²) >= 11 is 0. The molecule has 0 radical (unpaired) electrons. The molecule has 2 aromatic carbocycles. The van der Waals surface area contributed by atoms with Crippen molar-refractivity contribution in [2.75, 3.05) is 13.2 Å². The first-order chi connectivity index (χ1) is 13.8. The van der Waals surface area contributed by atoms with Gasteiger partial charge in [0.15, 0.2) is 13.2 Å². The van der Waals surface area contributed by atoms with Gasteiger partial charge in [-0.05, 0) is 30.0 Å². The van der Waals surface area contributed by atoms with E-state index in [2.05, 4.69) is 11.4 Å². The van der Waals surface area contributed by atoms with Crippen LogP contribution in [0.4, 0.5) is 0 Å². The minimum absolute atomic E-state index is 0.0865. The second-order valence-corrected chi connectivity index (χ2v) is 7.24. The molecule has 0 spiro atoms. The van der Waals surface area contributed by atoms with E-state index in [0.29, 0.717) is 12.2 Å². The molecule has 1 N–H and O–H groups in total. The largest absolute Gasteiger partial charge is 0.482 e.